The lowest BCUT2D eigenvalue weighted by molar-refractivity contribution is -0.136. The Morgan fingerprint density at radius 3 is 2.46 bits per heavy atom. The molecule has 50 heavy (non-hydrogen) atoms. The van der Waals surface area contributed by atoms with Crippen molar-refractivity contribution in [2.75, 3.05) is 20.3 Å². The minimum absolute atomic E-state index is 0.140. The largest absolute Gasteiger partial charge is 0.490 e. The number of aryl methyl sites for hydroxylation is 1. The van der Waals surface area contributed by atoms with E-state index in [0.717, 1.165) is 34.0 Å². The van der Waals surface area contributed by atoms with Gasteiger partial charge in [0, 0.05) is 33.4 Å². The molecule has 1 aliphatic rings. The summed E-state index contributed by atoms with van der Waals surface area (Å²) in [4.78, 5) is 24.7. The maximum Gasteiger partial charge on any atom is 0.337 e. The molecule has 4 N–H and O–H groups in total. The topological polar surface area (TPSA) is 145 Å². The molecule has 2 heterocycles. The number of hydrazone groups is 1. The standard InChI is InChI=1S/C37H40ClN5O7/c1-6-48-32-18-26(35-34(36(45)47-5)23(3)40-37(46)41-35)9-16-31(32)50-21-33(44)42-39-19-27-17-22(2)43(24(27)4)29-12-14-30(15-13-29)49-20-25-7-10-28(38)11-8-25/h7-19,33,35,42,44H,6,20-21H2,1-5H3,(H2,40,41,46)/b39-19+/t33-,35+/m0/s1. The number of allylic oxidation sites excluding steroid dienone is 1. The number of carbonyl (C=O) groups excluding carboxylic acids is 2. The summed E-state index contributed by atoms with van der Waals surface area (Å²) in [5.74, 6) is 0.934. The van der Waals surface area contributed by atoms with E-state index in [1.165, 1.54) is 7.11 Å². The molecule has 0 fully saturated rings. The number of rotatable bonds is 14. The van der Waals surface area contributed by atoms with Gasteiger partial charge in [0.2, 0.25) is 0 Å². The molecular formula is C37H40ClN5O7. The number of esters is 1. The summed E-state index contributed by atoms with van der Waals surface area (Å²) >= 11 is 5.97. The number of aliphatic hydroxyl groups excluding tert-OH is 1. The Kier molecular flexibility index (Phi) is 11.7. The first-order chi connectivity index (χ1) is 24.1. The van der Waals surface area contributed by atoms with Gasteiger partial charge in [-0.1, -0.05) is 29.8 Å². The van der Waals surface area contributed by atoms with Gasteiger partial charge in [0.15, 0.2) is 17.7 Å². The van der Waals surface area contributed by atoms with Crippen molar-refractivity contribution >= 4 is 29.8 Å². The van der Waals surface area contributed by atoms with Crippen LogP contribution in [-0.4, -0.2) is 54.4 Å². The zero-order valence-electron chi connectivity index (χ0n) is 28.5. The summed E-state index contributed by atoms with van der Waals surface area (Å²) in [7, 11) is 1.28. The Labute approximate surface area is 295 Å². The van der Waals surface area contributed by atoms with Gasteiger partial charge in [-0.05, 0) is 93.4 Å². The molecule has 4 aromatic rings. The van der Waals surface area contributed by atoms with E-state index in [0.29, 0.717) is 41.0 Å². The second-order valence-corrected chi connectivity index (χ2v) is 11.9. The number of nitrogens with zero attached hydrogens (tertiary/aromatic N) is 2. The van der Waals surface area contributed by atoms with Gasteiger partial charge in [0.05, 0.1) is 31.5 Å². The predicted octanol–water partition coefficient (Wildman–Crippen LogP) is 5.85. The summed E-state index contributed by atoms with van der Waals surface area (Å²) in [6, 6.07) is 21.3. The number of hydrogen-bond donors (Lipinski definition) is 4. The fourth-order valence-electron chi connectivity index (χ4n) is 5.57. The third-order valence-electron chi connectivity index (χ3n) is 7.98. The van der Waals surface area contributed by atoms with Gasteiger partial charge in [0.25, 0.3) is 0 Å². The van der Waals surface area contributed by atoms with E-state index in [1.807, 2.05) is 75.4 Å². The van der Waals surface area contributed by atoms with Crippen molar-refractivity contribution in [3.63, 3.8) is 0 Å². The summed E-state index contributed by atoms with van der Waals surface area (Å²) < 4.78 is 24.6. The van der Waals surface area contributed by atoms with Crippen LogP contribution in [0.4, 0.5) is 4.79 Å². The number of aromatic nitrogens is 1. The summed E-state index contributed by atoms with van der Waals surface area (Å²) in [6.07, 6.45) is 0.512. The predicted molar refractivity (Wildman–Crippen MR) is 190 cm³/mol. The second kappa shape index (κ2) is 16.3. The minimum atomic E-state index is -1.13. The van der Waals surface area contributed by atoms with Crippen molar-refractivity contribution in [1.82, 2.24) is 20.6 Å². The van der Waals surface area contributed by atoms with Gasteiger partial charge >= 0.3 is 12.0 Å². The third kappa shape index (κ3) is 8.57. The number of urea groups is 1. The smallest absolute Gasteiger partial charge is 0.337 e. The highest BCUT2D eigenvalue weighted by atomic mass is 35.5. The molecule has 0 spiro atoms. The first-order valence-corrected chi connectivity index (χ1v) is 16.3. The Hall–Kier alpha value is -5.46. The Balaban J connectivity index is 1.19. The molecule has 0 radical (unpaired) electrons. The molecule has 13 heteroatoms. The number of aliphatic hydroxyl groups is 1. The number of nitrogens with one attached hydrogen (secondary N) is 3. The maximum absolute atomic E-state index is 12.5. The van der Waals surface area contributed by atoms with Gasteiger partial charge in [-0.25, -0.2) is 9.59 Å². The second-order valence-electron chi connectivity index (χ2n) is 11.5. The van der Waals surface area contributed by atoms with Crippen molar-refractivity contribution in [2.45, 2.75) is 46.6 Å². The Morgan fingerprint density at radius 2 is 1.76 bits per heavy atom. The molecule has 2 amide bonds. The lowest BCUT2D eigenvalue weighted by Gasteiger charge is -2.28. The van der Waals surface area contributed by atoms with E-state index in [1.54, 1.807) is 31.3 Å². The highest BCUT2D eigenvalue weighted by molar-refractivity contribution is 6.30. The summed E-state index contributed by atoms with van der Waals surface area (Å²) in [5.41, 5.74) is 8.83. The summed E-state index contributed by atoms with van der Waals surface area (Å²) in [5, 5.41) is 20.9. The zero-order valence-corrected chi connectivity index (χ0v) is 29.2. The zero-order chi connectivity index (χ0) is 35.8. The Bertz CT molecular complexity index is 1890. The molecule has 0 saturated carbocycles. The van der Waals surface area contributed by atoms with Crippen molar-refractivity contribution in [3.05, 3.63) is 117 Å². The number of ether oxygens (including phenoxy) is 4. The Morgan fingerprint density at radius 1 is 1.02 bits per heavy atom. The van der Waals surface area contributed by atoms with Crippen LogP contribution in [0.3, 0.4) is 0 Å². The monoisotopic (exact) mass is 701 g/mol. The lowest BCUT2D eigenvalue weighted by atomic mass is 9.95. The van der Waals surface area contributed by atoms with E-state index in [9.17, 15) is 14.7 Å². The fourth-order valence-corrected chi connectivity index (χ4v) is 5.70. The molecule has 1 aliphatic heterocycles. The molecule has 0 bridgehead atoms. The van der Waals surface area contributed by atoms with Crippen LogP contribution >= 0.6 is 11.6 Å². The van der Waals surface area contributed by atoms with Gasteiger partial charge in [-0.15, -0.1) is 0 Å². The van der Waals surface area contributed by atoms with Crippen LogP contribution in [0.15, 0.2) is 89.2 Å². The molecule has 5 rings (SSSR count). The van der Waals surface area contributed by atoms with Gasteiger partial charge in [-0.2, -0.15) is 5.10 Å². The molecule has 12 nitrogen and oxygen atoms in total. The van der Waals surface area contributed by atoms with Gasteiger partial charge in [0.1, 0.15) is 19.0 Å². The summed E-state index contributed by atoms with van der Waals surface area (Å²) in [6.45, 7) is 8.11. The van der Waals surface area contributed by atoms with Crippen molar-refractivity contribution in [1.29, 1.82) is 0 Å². The number of amides is 2. The average Bonchev–Trinajstić information content (AvgIpc) is 3.38. The van der Waals surface area contributed by atoms with Crippen LogP contribution in [0.5, 0.6) is 17.2 Å². The lowest BCUT2D eigenvalue weighted by Crippen LogP contribution is -2.45. The number of benzene rings is 3. The van der Waals surface area contributed by atoms with Gasteiger partial charge in [-0.3, -0.25) is 5.43 Å². The van der Waals surface area contributed by atoms with Crippen LogP contribution in [-0.2, 0) is 16.1 Å². The first kappa shape index (κ1) is 35.8. The van der Waals surface area contributed by atoms with Gasteiger partial charge < -0.3 is 39.3 Å². The SMILES string of the molecule is CCOc1cc([C@H]2NC(=O)NC(C)=C2C(=O)OC)ccc1OC[C@H](O)N/N=C/c1cc(C)n(-c2ccc(OCc3ccc(Cl)cc3)cc2)c1C. The van der Waals surface area contributed by atoms with E-state index >= 15 is 0 Å². The van der Waals surface area contributed by atoms with Crippen LogP contribution in [0.2, 0.25) is 5.02 Å². The fraction of sp³-hybridized carbons (Fsp3) is 0.270. The normalized spacial score (nSPS) is 14.9. The number of methoxy groups -OCH3 is 1. The molecule has 262 valence electrons. The van der Waals surface area contributed by atoms with Crippen LogP contribution < -0.4 is 30.3 Å². The third-order valence-corrected chi connectivity index (χ3v) is 8.24. The van der Waals surface area contributed by atoms with E-state index in [4.69, 9.17) is 30.5 Å². The number of hydrogen-bond acceptors (Lipinski definition) is 9. The van der Waals surface area contributed by atoms with E-state index in [2.05, 4.69) is 25.7 Å². The molecule has 0 unspecified atom stereocenters. The minimum Gasteiger partial charge on any atom is -0.490 e. The highest BCUT2D eigenvalue weighted by Gasteiger charge is 2.32. The van der Waals surface area contributed by atoms with Crippen LogP contribution in [0.25, 0.3) is 5.69 Å². The number of halogens is 1. The molecular weight excluding hydrogens is 662 g/mol. The average molecular weight is 702 g/mol. The first-order valence-electron chi connectivity index (χ1n) is 16.0. The van der Waals surface area contributed by atoms with Crippen LogP contribution in [0.1, 0.15) is 48.0 Å². The number of carbonyl (C=O) groups is 2. The molecule has 2 atom stereocenters. The van der Waals surface area contributed by atoms with E-state index < -0.39 is 24.3 Å². The van der Waals surface area contributed by atoms with Crippen LogP contribution in [0, 0.1) is 13.8 Å². The molecule has 0 saturated heterocycles. The maximum atomic E-state index is 12.5. The van der Waals surface area contributed by atoms with Crippen molar-refractivity contribution in [3.8, 4) is 22.9 Å². The van der Waals surface area contributed by atoms with E-state index in [-0.39, 0.29) is 12.2 Å². The molecule has 3 aromatic carbocycles. The highest BCUT2D eigenvalue weighted by Crippen LogP contribution is 2.35. The molecule has 0 aliphatic carbocycles. The van der Waals surface area contributed by atoms with Crippen molar-refractivity contribution in [2.24, 2.45) is 5.10 Å². The van der Waals surface area contributed by atoms with Crippen molar-refractivity contribution < 1.29 is 33.6 Å². The quantitative estimate of drug-likeness (QED) is 0.0555. The molecule has 1 aromatic heterocycles.